The van der Waals surface area contributed by atoms with Crippen LogP contribution in [0.3, 0.4) is 0 Å². The molecule has 2 aromatic heterocycles. The summed E-state index contributed by atoms with van der Waals surface area (Å²) < 4.78 is 36.9. The number of nitrogens with zero attached hydrogens (tertiary/aromatic N) is 2. The number of H-pyrrole nitrogens is 2. The van der Waals surface area contributed by atoms with E-state index in [9.17, 15) is 18.0 Å². The van der Waals surface area contributed by atoms with E-state index < -0.39 is 17.6 Å². The largest absolute Gasteiger partial charge is 0.449 e. The molecule has 0 aliphatic rings. The maximum atomic E-state index is 12.2. The highest BCUT2D eigenvalue weighted by atomic mass is 79.9. The number of nitrogens with one attached hydrogen (secondary N) is 2. The Balaban J connectivity index is 2.81. The Kier molecular flexibility index (Phi) is 2.07. The van der Waals surface area contributed by atoms with Crippen LogP contribution in [0.4, 0.5) is 13.2 Å². The number of rotatable bonds is 0. The van der Waals surface area contributed by atoms with Gasteiger partial charge in [-0.25, -0.2) is 4.98 Å². The van der Waals surface area contributed by atoms with E-state index in [1.807, 2.05) is 0 Å². The van der Waals surface area contributed by atoms with Gasteiger partial charge >= 0.3 is 6.18 Å². The molecule has 2 rings (SSSR count). The van der Waals surface area contributed by atoms with Crippen LogP contribution < -0.4 is 5.56 Å². The van der Waals surface area contributed by atoms with Gasteiger partial charge in [-0.3, -0.25) is 9.89 Å². The zero-order valence-corrected chi connectivity index (χ0v) is 8.40. The Hall–Kier alpha value is -1.38. The van der Waals surface area contributed by atoms with E-state index in [1.54, 1.807) is 4.98 Å². The van der Waals surface area contributed by atoms with Gasteiger partial charge in [0.2, 0.25) is 5.82 Å². The minimum Gasteiger partial charge on any atom is -0.302 e. The Morgan fingerprint density at radius 3 is 2.60 bits per heavy atom. The smallest absolute Gasteiger partial charge is 0.302 e. The molecular weight excluding hydrogens is 281 g/mol. The molecule has 2 heterocycles. The molecule has 0 unspecified atom stereocenters. The number of halogens is 4. The number of alkyl halides is 3. The molecule has 80 valence electrons. The van der Waals surface area contributed by atoms with Crippen LogP contribution in [0.25, 0.3) is 11.0 Å². The molecule has 0 aliphatic carbocycles. The number of aromatic amines is 2. The van der Waals surface area contributed by atoms with Crippen molar-refractivity contribution < 1.29 is 13.2 Å². The summed E-state index contributed by atoms with van der Waals surface area (Å²) >= 11 is 2.93. The normalized spacial score (nSPS) is 12.3. The van der Waals surface area contributed by atoms with Crippen LogP contribution in [0.5, 0.6) is 0 Å². The highest BCUT2D eigenvalue weighted by molar-refractivity contribution is 9.10. The van der Waals surface area contributed by atoms with E-state index in [2.05, 4.69) is 31.1 Å². The number of aromatic nitrogens is 4. The molecule has 0 amide bonds. The van der Waals surface area contributed by atoms with Gasteiger partial charge in [-0.1, -0.05) is 0 Å². The second-order valence-corrected chi connectivity index (χ2v) is 3.44. The maximum absolute atomic E-state index is 12.2. The van der Waals surface area contributed by atoms with Crippen molar-refractivity contribution in [3.05, 3.63) is 20.8 Å². The van der Waals surface area contributed by atoms with Crippen molar-refractivity contribution in [2.24, 2.45) is 0 Å². The van der Waals surface area contributed by atoms with Crippen LogP contribution in [-0.2, 0) is 6.18 Å². The summed E-state index contributed by atoms with van der Waals surface area (Å²) in [5.41, 5.74) is -1.18. The zero-order chi connectivity index (χ0) is 11.2. The fourth-order valence-corrected chi connectivity index (χ4v) is 1.48. The number of hydrogen-bond donors (Lipinski definition) is 2. The Morgan fingerprint density at radius 2 is 2.00 bits per heavy atom. The highest BCUT2D eigenvalue weighted by Gasteiger charge is 2.35. The molecule has 0 bridgehead atoms. The Bertz CT molecular complexity index is 572. The van der Waals surface area contributed by atoms with Crippen molar-refractivity contribution in [3.63, 3.8) is 0 Å². The van der Waals surface area contributed by atoms with Crippen molar-refractivity contribution >= 4 is 27.0 Å². The van der Waals surface area contributed by atoms with Crippen molar-refractivity contribution in [1.29, 1.82) is 0 Å². The molecule has 5 nitrogen and oxygen atoms in total. The topological polar surface area (TPSA) is 74.4 Å². The third-order valence-electron chi connectivity index (χ3n) is 1.65. The molecule has 0 radical (unpaired) electrons. The molecule has 0 aromatic carbocycles. The lowest BCUT2D eigenvalue weighted by molar-refractivity contribution is -0.144. The molecule has 0 saturated heterocycles. The first-order valence-electron chi connectivity index (χ1n) is 3.60. The van der Waals surface area contributed by atoms with Crippen molar-refractivity contribution in [2.45, 2.75) is 6.18 Å². The molecule has 2 aromatic rings. The van der Waals surface area contributed by atoms with Gasteiger partial charge in [0.05, 0.1) is 0 Å². The second-order valence-electron chi connectivity index (χ2n) is 2.65. The molecule has 0 spiro atoms. The first-order valence-corrected chi connectivity index (χ1v) is 4.40. The molecule has 2 N–H and O–H groups in total. The Labute approximate surface area is 87.8 Å². The van der Waals surface area contributed by atoms with Gasteiger partial charge in [0, 0.05) is 0 Å². The SMILES string of the molecule is O=c1[nH]c(C(F)(F)F)nc2n[nH]c(Br)c12. The van der Waals surface area contributed by atoms with Gasteiger partial charge in [-0.05, 0) is 15.9 Å². The summed E-state index contributed by atoms with van der Waals surface area (Å²) in [5, 5.41) is 5.72. The lowest BCUT2D eigenvalue weighted by atomic mass is 10.4. The average Bonchev–Trinajstić information content (AvgIpc) is 2.46. The number of fused-ring (bicyclic) bond motifs is 1. The second kappa shape index (κ2) is 3.05. The highest BCUT2D eigenvalue weighted by Crippen LogP contribution is 2.26. The predicted molar refractivity (Wildman–Crippen MR) is 47.2 cm³/mol. The van der Waals surface area contributed by atoms with Crippen LogP contribution >= 0.6 is 15.9 Å². The van der Waals surface area contributed by atoms with Gasteiger partial charge in [-0.2, -0.15) is 18.3 Å². The fourth-order valence-electron chi connectivity index (χ4n) is 1.03. The maximum Gasteiger partial charge on any atom is 0.449 e. The van der Waals surface area contributed by atoms with Crippen LogP contribution in [-0.4, -0.2) is 20.2 Å². The van der Waals surface area contributed by atoms with Crippen molar-refractivity contribution in [2.75, 3.05) is 0 Å². The van der Waals surface area contributed by atoms with Crippen molar-refractivity contribution in [1.82, 2.24) is 20.2 Å². The first-order chi connectivity index (χ1) is 6.89. The third kappa shape index (κ3) is 1.62. The summed E-state index contributed by atoms with van der Waals surface area (Å²) in [7, 11) is 0. The van der Waals surface area contributed by atoms with Gasteiger partial charge in [0.1, 0.15) is 9.99 Å². The summed E-state index contributed by atoms with van der Waals surface area (Å²) in [4.78, 5) is 16.1. The molecular formula is C6H2BrF3N4O. The standard InChI is InChI=1S/C6H2BrF3N4O/c7-2-1-3(14-13-2)11-5(6(8,9)10)12-4(1)15/h(H2,11,12,13,14,15). The molecule has 0 atom stereocenters. The van der Waals surface area contributed by atoms with E-state index in [0.29, 0.717) is 0 Å². The van der Waals surface area contributed by atoms with Gasteiger partial charge in [0.15, 0.2) is 5.65 Å². The van der Waals surface area contributed by atoms with Crippen molar-refractivity contribution in [3.8, 4) is 0 Å². The van der Waals surface area contributed by atoms with E-state index in [1.165, 1.54) is 0 Å². The van der Waals surface area contributed by atoms with Crippen LogP contribution in [0, 0.1) is 0 Å². The number of hydrogen-bond acceptors (Lipinski definition) is 3. The van der Waals surface area contributed by atoms with Crippen LogP contribution in [0.15, 0.2) is 9.40 Å². The molecule has 9 heteroatoms. The fraction of sp³-hybridized carbons (Fsp3) is 0.167. The van der Waals surface area contributed by atoms with Crippen LogP contribution in [0.2, 0.25) is 0 Å². The monoisotopic (exact) mass is 282 g/mol. The predicted octanol–water partition coefficient (Wildman–Crippen LogP) is 1.43. The van der Waals surface area contributed by atoms with Crippen LogP contribution in [0.1, 0.15) is 5.82 Å². The van der Waals surface area contributed by atoms with E-state index >= 15 is 0 Å². The van der Waals surface area contributed by atoms with E-state index in [-0.39, 0.29) is 15.6 Å². The molecule has 0 saturated carbocycles. The first kappa shape index (κ1) is 10.1. The average molecular weight is 283 g/mol. The summed E-state index contributed by atoms with van der Waals surface area (Å²) in [6.45, 7) is 0. The summed E-state index contributed by atoms with van der Waals surface area (Å²) in [6, 6.07) is 0. The lowest BCUT2D eigenvalue weighted by Gasteiger charge is -2.03. The van der Waals surface area contributed by atoms with E-state index in [0.717, 1.165) is 0 Å². The summed E-state index contributed by atoms with van der Waals surface area (Å²) in [5.74, 6) is -1.36. The summed E-state index contributed by atoms with van der Waals surface area (Å²) in [6.07, 6.45) is -4.70. The third-order valence-corrected chi connectivity index (χ3v) is 2.22. The molecule has 15 heavy (non-hydrogen) atoms. The van der Waals surface area contributed by atoms with E-state index in [4.69, 9.17) is 0 Å². The lowest BCUT2D eigenvalue weighted by Crippen LogP contribution is -2.18. The molecule has 0 fully saturated rings. The molecule has 0 aliphatic heterocycles. The minimum atomic E-state index is -4.70. The van der Waals surface area contributed by atoms with Gasteiger partial charge in [-0.15, -0.1) is 0 Å². The minimum absolute atomic E-state index is 0.0389. The quantitative estimate of drug-likeness (QED) is 0.768. The van der Waals surface area contributed by atoms with Gasteiger partial charge in [0.25, 0.3) is 5.56 Å². The zero-order valence-electron chi connectivity index (χ0n) is 6.81. The van der Waals surface area contributed by atoms with Gasteiger partial charge < -0.3 is 4.98 Å². The Morgan fingerprint density at radius 1 is 1.33 bits per heavy atom.